The molecule has 4 atom stereocenters. The molecule has 2 heterocycles. The van der Waals surface area contributed by atoms with Gasteiger partial charge < -0.3 is 15.4 Å². The van der Waals surface area contributed by atoms with Crippen LogP contribution in [0.25, 0.3) is 0 Å². The fraction of sp³-hybridized carbons (Fsp3) is 0.667. The molecule has 1 amide bonds. The van der Waals surface area contributed by atoms with Crippen LogP contribution in [0.4, 0.5) is 0 Å². The van der Waals surface area contributed by atoms with Crippen LogP contribution in [-0.4, -0.2) is 42.6 Å². The Bertz CT molecular complexity index is 480. The van der Waals surface area contributed by atoms with Gasteiger partial charge in [-0.25, -0.2) is 0 Å². The topological polar surface area (TPSA) is 55.6 Å². The zero-order valence-electron chi connectivity index (χ0n) is 12.0. The van der Waals surface area contributed by atoms with Crippen LogP contribution in [0, 0.1) is 5.92 Å². The summed E-state index contributed by atoms with van der Waals surface area (Å²) >= 11 is 1.67. The maximum atomic E-state index is 13.1. The number of hydrogen-bond donors (Lipinski definition) is 1. The van der Waals surface area contributed by atoms with Gasteiger partial charge >= 0.3 is 0 Å². The van der Waals surface area contributed by atoms with Crippen molar-refractivity contribution in [2.24, 2.45) is 11.7 Å². The molecule has 2 aliphatic rings. The Balaban J connectivity index is 1.84. The van der Waals surface area contributed by atoms with Crippen LogP contribution in [0.15, 0.2) is 17.5 Å². The lowest BCUT2D eigenvalue weighted by molar-refractivity contribution is -0.146. The highest BCUT2D eigenvalue weighted by atomic mass is 32.1. The van der Waals surface area contributed by atoms with Crippen molar-refractivity contribution in [2.45, 2.75) is 37.9 Å². The largest absolute Gasteiger partial charge is 0.372 e. The summed E-state index contributed by atoms with van der Waals surface area (Å²) in [5.74, 6) is 0.541. The Morgan fingerprint density at radius 3 is 2.70 bits per heavy atom. The zero-order chi connectivity index (χ0) is 14.3. The summed E-state index contributed by atoms with van der Waals surface area (Å²) in [7, 11) is 0. The molecule has 5 heteroatoms. The van der Waals surface area contributed by atoms with Crippen molar-refractivity contribution in [1.82, 2.24) is 4.90 Å². The van der Waals surface area contributed by atoms with Crippen molar-refractivity contribution in [3.8, 4) is 0 Å². The number of morpholine rings is 1. The van der Waals surface area contributed by atoms with Gasteiger partial charge in [0, 0.05) is 18.0 Å². The second kappa shape index (κ2) is 5.13. The monoisotopic (exact) mass is 294 g/mol. The number of thiophene rings is 1. The number of amides is 1. The molecule has 1 aliphatic carbocycles. The van der Waals surface area contributed by atoms with E-state index in [2.05, 4.69) is 6.07 Å². The molecule has 1 aliphatic heterocycles. The second-order valence-corrected chi connectivity index (χ2v) is 7.00. The van der Waals surface area contributed by atoms with Crippen LogP contribution in [-0.2, 0) is 14.9 Å². The van der Waals surface area contributed by atoms with Gasteiger partial charge in [0.05, 0.1) is 17.6 Å². The normalized spacial score (nSPS) is 37.0. The summed E-state index contributed by atoms with van der Waals surface area (Å²) in [6.07, 6.45) is 1.11. The molecule has 3 rings (SSSR count). The molecule has 0 spiro atoms. The van der Waals surface area contributed by atoms with E-state index in [1.165, 1.54) is 4.88 Å². The minimum Gasteiger partial charge on any atom is -0.372 e. The fourth-order valence-corrected chi connectivity index (χ4v) is 4.45. The van der Waals surface area contributed by atoms with Gasteiger partial charge in [-0.2, -0.15) is 0 Å². The lowest BCUT2D eigenvalue weighted by Gasteiger charge is -2.37. The van der Waals surface area contributed by atoms with Crippen LogP contribution in [0.2, 0.25) is 0 Å². The first-order valence-electron chi connectivity index (χ1n) is 7.26. The van der Waals surface area contributed by atoms with Crippen LogP contribution >= 0.6 is 11.3 Å². The summed E-state index contributed by atoms with van der Waals surface area (Å²) in [5.41, 5.74) is 5.50. The number of ether oxygens (including phenoxy) is 1. The predicted molar refractivity (Wildman–Crippen MR) is 79.7 cm³/mol. The van der Waals surface area contributed by atoms with Crippen LogP contribution in [0.5, 0.6) is 0 Å². The molecule has 0 radical (unpaired) electrons. The van der Waals surface area contributed by atoms with E-state index in [1.807, 2.05) is 30.2 Å². The molecule has 2 N–H and O–H groups in total. The molecule has 2 fully saturated rings. The molecule has 4 nitrogen and oxygen atoms in total. The Kier molecular flexibility index (Phi) is 3.60. The Hall–Kier alpha value is -0.910. The van der Waals surface area contributed by atoms with E-state index >= 15 is 0 Å². The van der Waals surface area contributed by atoms with Gasteiger partial charge in [-0.1, -0.05) is 6.07 Å². The third-order valence-corrected chi connectivity index (χ3v) is 5.49. The van der Waals surface area contributed by atoms with E-state index in [4.69, 9.17) is 10.5 Å². The number of hydrogen-bond acceptors (Lipinski definition) is 4. The minimum absolute atomic E-state index is 0.109. The van der Waals surface area contributed by atoms with Crippen LogP contribution < -0.4 is 5.73 Å². The third-order valence-electron chi connectivity index (χ3n) is 4.44. The van der Waals surface area contributed by atoms with Crippen molar-refractivity contribution in [1.29, 1.82) is 0 Å². The molecule has 1 aromatic rings. The van der Waals surface area contributed by atoms with Crippen molar-refractivity contribution < 1.29 is 9.53 Å². The first-order valence-corrected chi connectivity index (χ1v) is 8.14. The third kappa shape index (κ3) is 2.18. The van der Waals surface area contributed by atoms with Crippen molar-refractivity contribution >= 4 is 17.2 Å². The van der Waals surface area contributed by atoms with Crippen LogP contribution in [0.3, 0.4) is 0 Å². The molecule has 1 aromatic heterocycles. The molecule has 1 saturated carbocycles. The van der Waals surface area contributed by atoms with E-state index in [0.29, 0.717) is 25.6 Å². The smallest absolute Gasteiger partial charge is 0.234 e. The molecule has 0 unspecified atom stereocenters. The minimum atomic E-state index is -0.348. The molecule has 0 bridgehead atoms. The molecular weight excluding hydrogens is 272 g/mol. The first-order chi connectivity index (χ1) is 9.57. The van der Waals surface area contributed by atoms with E-state index < -0.39 is 0 Å². The van der Waals surface area contributed by atoms with Crippen LogP contribution in [0.1, 0.15) is 25.1 Å². The van der Waals surface area contributed by atoms with Gasteiger partial charge in [0.25, 0.3) is 0 Å². The van der Waals surface area contributed by atoms with Crippen molar-refractivity contribution in [3.05, 3.63) is 22.4 Å². The average Bonchev–Trinajstić information content (AvgIpc) is 2.89. The van der Waals surface area contributed by atoms with Gasteiger partial charge in [0.2, 0.25) is 5.91 Å². The highest BCUT2D eigenvalue weighted by molar-refractivity contribution is 7.10. The van der Waals surface area contributed by atoms with Gasteiger partial charge in [-0.05, 0) is 44.2 Å². The first kappa shape index (κ1) is 14.0. The van der Waals surface area contributed by atoms with Gasteiger partial charge in [-0.3, -0.25) is 4.79 Å². The number of carbonyl (C=O) groups excluding carboxylic acids is 1. The van der Waals surface area contributed by atoms with Gasteiger partial charge in [-0.15, -0.1) is 11.3 Å². The lowest BCUT2D eigenvalue weighted by Crippen LogP contribution is -2.51. The van der Waals surface area contributed by atoms with Gasteiger partial charge in [0.15, 0.2) is 0 Å². The zero-order valence-corrected chi connectivity index (χ0v) is 12.9. The van der Waals surface area contributed by atoms with E-state index in [1.54, 1.807) is 11.3 Å². The summed E-state index contributed by atoms with van der Waals surface area (Å²) in [5, 5.41) is 2.04. The van der Waals surface area contributed by atoms with E-state index in [9.17, 15) is 4.79 Å². The maximum Gasteiger partial charge on any atom is 0.234 e. The maximum absolute atomic E-state index is 13.1. The highest BCUT2D eigenvalue weighted by Gasteiger charge is 2.62. The lowest BCUT2D eigenvalue weighted by atomic mass is 9.98. The Morgan fingerprint density at radius 1 is 1.50 bits per heavy atom. The average molecular weight is 294 g/mol. The molecule has 110 valence electrons. The second-order valence-electron chi connectivity index (χ2n) is 6.05. The quantitative estimate of drug-likeness (QED) is 0.921. The summed E-state index contributed by atoms with van der Waals surface area (Å²) < 4.78 is 5.73. The number of nitrogens with two attached hydrogens (primary N) is 1. The SMILES string of the molecule is C[C@@H]1CN(C(=O)[C@@]2(c3cccs3)C[C@H]2CN)C[C@H](C)O1. The number of nitrogens with zero attached hydrogens (tertiary/aromatic N) is 1. The molecule has 0 aromatic carbocycles. The number of rotatable bonds is 3. The summed E-state index contributed by atoms with van der Waals surface area (Å²) in [6, 6.07) is 4.09. The molecule has 20 heavy (non-hydrogen) atoms. The standard InChI is InChI=1S/C15H22N2O2S/c1-10-8-17(9-11(2)19-10)14(18)15(6-12(15)7-16)13-4-3-5-20-13/h3-5,10-12H,6-9,16H2,1-2H3/t10-,11+,12-,15-/m0/s1. The Morgan fingerprint density at radius 2 is 2.20 bits per heavy atom. The molecule has 1 saturated heterocycles. The van der Waals surface area contributed by atoms with E-state index in [-0.39, 0.29) is 23.5 Å². The Labute approximate surface area is 123 Å². The fourth-order valence-electron chi connectivity index (χ4n) is 3.44. The number of carbonyl (C=O) groups is 1. The van der Waals surface area contributed by atoms with E-state index in [0.717, 1.165) is 6.42 Å². The molecular formula is C15H22N2O2S. The van der Waals surface area contributed by atoms with Crippen molar-refractivity contribution in [2.75, 3.05) is 19.6 Å². The highest BCUT2D eigenvalue weighted by Crippen LogP contribution is 2.56. The summed E-state index contributed by atoms with van der Waals surface area (Å²) in [4.78, 5) is 16.2. The van der Waals surface area contributed by atoms with Gasteiger partial charge in [0.1, 0.15) is 0 Å². The summed E-state index contributed by atoms with van der Waals surface area (Å²) in [6.45, 7) is 6.02. The van der Waals surface area contributed by atoms with Crippen molar-refractivity contribution in [3.63, 3.8) is 0 Å². The predicted octanol–water partition coefficient (Wildman–Crippen LogP) is 1.60.